The van der Waals surface area contributed by atoms with E-state index in [-0.39, 0.29) is 11.1 Å². The molecule has 0 saturated heterocycles. The number of nitrogens with zero attached hydrogens (tertiary/aromatic N) is 1. The zero-order valence-corrected chi connectivity index (χ0v) is 11.4. The van der Waals surface area contributed by atoms with Crippen LogP contribution in [-0.2, 0) is 0 Å². The van der Waals surface area contributed by atoms with E-state index in [0.717, 1.165) is 16.7 Å². The van der Waals surface area contributed by atoms with E-state index in [4.69, 9.17) is 0 Å². The highest BCUT2D eigenvalue weighted by Crippen LogP contribution is 2.24. The van der Waals surface area contributed by atoms with Crippen LogP contribution in [0, 0.1) is 0 Å². The summed E-state index contributed by atoms with van der Waals surface area (Å²) in [5.41, 5.74) is -1.06. The molecule has 5 nitrogen and oxygen atoms in total. The summed E-state index contributed by atoms with van der Waals surface area (Å²) < 4.78 is 41.4. The average molecular weight is 322 g/mol. The number of aromatic nitrogens is 2. The number of aromatic amines is 1. The molecule has 0 atom stereocenters. The van der Waals surface area contributed by atoms with Gasteiger partial charge in [-0.3, -0.25) is 4.79 Å². The summed E-state index contributed by atoms with van der Waals surface area (Å²) in [6.45, 7) is 0. The Labute approximate surface area is 126 Å². The Morgan fingerprint density at radius 2 is 1.74 bits per heavy atom. The summed E-state index contributed by atoms with van der Waals surface area (Å²) in [7, 11) is 0. The van der Waals surface area contributed by atoms with Gasteiger partial charge in [-0.2, -0.15) is 0 Å². The number of hydrogen-bond acceptors (Lipinski definition) is 3. The van der Waals surface area contributed by atoms with Crippen LogP contribution >= 0.6 is 0 Å². The normalized spacial score (nSPS) is 11.6. The van der Waals surface area contributed by atoms with E-state index in [2.05, 4.69) is 9.72 Å². The van der Waals surface area contributed by atoms with Crippen LogP contribution in [0.3, 0.4) is 0 Å². The second-order valence-corrected chi connectivity index (χ2v) is 4.66. The van der Waals surface area contributed by atoms with Gasteiger partial charge in [0.1, 0.15) is 5.75 Å². The number of hydrogen-bond donors (Lipinski definition) is 1. The molecule has 23 heavy (non-hydrogen) atoms. The van der Waals surface area contributed by atoms with Gasteiger partial charge < -0.3 is 9.72 Å². The Kier molecular flexibility index (Phi) is 3.44. The number of alkyl halides is 3. The number of rotatable bonds is 2. The van der Waals surface area contributed by atoms with Crippen molar-refractivity contribution in [3.8, 4) is 11.4 Å². The molecule has 3 aromatic rings. The molecule has 0 aliphatic heterocycles. The minimum absolute atomic E-state index is 0.0243. The van der Waals surface area contributed by atoms with Crippen LogP contribution in [-0.4, -0.2) is 15.9 Å². The number of nitrogens with one attached hydrogen (secondary N) is 1. The van der Waals surface area contributed by atoms with Gasteiger partial charge in [-0.1, -0.05) is 18.2 Å². The molecule has 0 spiro atoms. The van der Waals surface area contributed by atoms with Crippen molar-refractivity contribution in [3.63, 3.8) is 0 Å². The Bertz CT molecular complexity index is 989. The molecular weight excluding hydrogens is 313 g/mol. The smallest absolute Gasteiger partial charge is 0.406 e. The van der Waals surface area contributed by atoms with Gasteiger partial charge in [-0.25, -0.2) is 9.36 Å². The zero-order chi connectivity index (χ0) is 16.6. The fourth-order valence-corrected chi connectivity index (χ4v) is 2.22. The van der Waals surface area contributed by atoms with Gasteiger partial charge >= 0.3 is 12.1 Å². The minimum Gasteiger partial charge on any atom is -0.406 e. The molecule has 2 aromatic carbocycles. The number of fused-ring (bicyclic) bond motifs is 1. The van der Waals surface area contributed by atoms with Crippen LogP contribution in [0.25, 0.3) is 16.6 Å². The van der Waals surface area contributed by atoms with E-state index in [1.807, 2.05) is 0 Å². The Morgan fingerprint density at radius 3 is 2.48 bits per heavy atom. The van der Waals surface area contributed by atoms with Crippen LogP contribution in [0.5, 0.6) is 5.75 Å². The minimum atomic E-state index is -4.86. The lowest BCUT2D eigenvalue weighted by Crippen LogP contribution is -2.33. The molecule has 1 heterocycles. The predicted octanol–water partition coefficient (Wildman–Crippen LogP) is 2.58. The highest BCUT2D eigenvalue weighted by atomic mass is 19.4. The highest BCUT2D eigenvalue weighted by molar-refractivity contribution is 5.77. The van der Waals surface area contributed by atoms with Crippen molar-refractivity contribution in [2.24, 2.45) is 0 Å². The molecule has 0 bridgehead atoms. The summed E-state index contributed by atoms with van der Waals surface area (Å²) in [5, 5.41) is 0.245. The molecule has 118 valence electrons. The summed E-state index contributed by atoms with van der Waals surface area (Å²) >= 11 is 0. The third kappa shape index (κ3) is 2.96. The second kappa shape index (κ2) is 5.31. The van der Waals surface area contributed by atoms with Crippen molar-refractivity contribution in [2.45, 2.75) is 6.36 Å². The van der Waals surface area contributed by atoms with Crippen LogP contribution < -0.4 is 16.0 Å². The SMILES string of the molecule is O=c1[nH]c2ccccc2c(=O)n1-c1cccc(OC(F)(F)F)c1. The van der Waals surface area contributed by atoms with Crippen molar-refractivity contribution < 1.29 is 17.9 Å². The predicted molar refractivity (Wildman–Crippen MR) is 76.8 cm³/mol. The quantitative estimate of drug-likeness (QED) is 0.789. The molecule has 1 aromatic heterocycles. The molecule has 8 heteroatoms. The van der Waals surface area contributed by atoms with Gasteiger partial charge in [0, 0.05) is 6.07 Å². The zero-order valence-electron chi connectivity index (χ0n) is 11.4. The van der Waals surface area contributed by atoms with Crippen molar-refractivity contribution in [2.75, 3.05) is 0 Å². The topological polar surface area (TPSA) is 64.1 Å². The molecule has 0 saturated carbocycles. The van der Waals surface area contributed by atoms with Crippen molar-refractivity contribution in [1.82, 2.24) is 9.55 Å². The van der Waals surface area contributed by atoms with Gasteiger partial charge in [0.15, 0.2) is 0 Å². The van der Waals surface area contributed by atoms with E-state index in [9.17, 15) is 22.8 Å². The van der Waals surface area contributed by atoms with Crippen molar-refractivity contribution in [3.05, 3.63) is 69.4 Å². The molecule has 0 unspecified atom stereocenters. The highest BCUT2D eigenvalue weighted by Gasteiger charge is 2.31. The standard InChI is InChI=1S/C15H9F3N2O3/c16-15(17,18)23-10-5-3-4-9(8-10)20-13(21)11-6-1-2-7-12(11)19-14(20)22/h1-8H,(H,19,22). The van der Waals surface area contributed by atoms with Crippen LogP contribution in [0.15, 0.2) is 58.1 Å². The van der Waals surface area contributed by atoms with Gasteiger partial charge in [0.2, 0.25) is 0 Å². The van der Waals surface area contributed by atoms with Crippen LogP contribution in [0.2, 0.25) is 0 Å². The lowest BCUT2D eigenvalue weighted by molar-refractivity contribution is -0.274. The van der Waals surface area contributed by atoms with E-state index in [0.29, 0.717) is 5.52 Å². The monoisotopic (exact) mass is 322 g/mol. The lowest BCUT2D eigenvalue weighted by Gasteiger charge is -2.11. The molecule has 1 N–H and O–H groups in total. The number of halogens is 3. The van der Waals surface area contributed by atoms with Crippen molar-refractivity contribution in [1.29, 1.82) is 0 Å². The first kappa shape index (κ1) is 14.9. The Balaban J connectivity index is 2.20. The fourth-order valence-electron chi connectivity index (χ4n) is 2.22. The van der Waals surface area contributed by atoms with Gasteiger partial charge in [0.25, 0.3) is 5.56 Å². The van der Waals surface area contributed by atoms with Gasteiger partial charge in [-0.05, 0) is 24.3 Å². The molecule has 3 rings (SSSR count). The first-order valence-electron chi connectivity index (χ1n) is 6.45. The van der Waals surface area contributed by atoms with Crippen LogP contribution in [0.4, 0.5) is 13.2 Å². The maximum atomic E-state index is 12.4. The van der Waals surface area contributed by atoms with Gasteiger partial charge in [0.05, 0.1) is 16.6 Å². The summed E-state index contributed by atoms with van der Waals surface area (Å²) in [4.78, 5) is 27.0. The van der Waals surface area contributed by atoms with E-state index in [1.165, 1.54) is 18.2 Å². The first-order valence-corrected chi connectivity index (χ1v) is 6.45. The number of para-hydroxylation sites is 1. The fraction of sp³-hybridized carbons (Fsp3) is 0.0667. The number of H-pyrrole nitrogens is 1. The van der Waals surface area contributed by atoms with E-state index in [1.54, 1.807) is 18.2 Å². The Hall–Kier alpha value is -3.03. The lowest BCUT2D eigenvalue weighted by atomic mass is 10.2. The maximum absolute atomic E-state index is 12.4. The second-order valence-electron chi connectivity index (χ2n) is 4.66. The van der Waals surface area contributed by atoms with Crippen LogP contribution in [0.1, 0.15) is 0 Å². The van der Waals surface area contributed by atoms with E-state index < -0.39 is 23.4 Å². The first-order chi connectivity index (χ1) is 10.8. The number of benzene rings is 2. The summed E-state index contributed by atoms with van der Waals surface area (Å²) in [6, 6.07) is 11.0. The van der Waals surface area contributed by atoms with Gasteiger partial charge in [-0.15, -0.1) is 13.2 Å². The maximum Gasteiger partial charge on any atom is 0.573 e. The van der Waals surface area contributed by atoms with E-state index >= 15 is 0 Å². The Morgan fingerprint density at radius 1 is 1.00 bits per heavy atom. The molecular formula is C15H9F3N2O3. The number of ether oxygens (including phenoxy) is 1. The summed E-state index contributed by atoms with van der Waals surface area (Å²) in [6.07, 6.45) is -4.86. The molecule has 0 aliphatic rings. The van der Waals surface area contributed by atoms with Crippen molar-refractivity contribution >= 4 is 10.9 Å². The largest absolute Gasteiger partial charge is 0.573 e. The molecule has 0 amide bonds. The molecule has 0 radical (unpaired) electrons. The average Bonchev–Trinajstić information content (AvgIpc) is 2.46. The summed E-state index contributed by atoms with van der Waals surface area (Å²) in [5.74, 6) is -0.519. The third-order valence-corrected chi connectivity index (χ3v) is 3.11. The third-order valence-electron chi connectivity index (χ3n) is 3.11. The molecule has 0 aliphatic carbocycles. The molecule has 0 fully saturated rings.